The van der Waals surface area contributed by atoms with Crippen LogP contribution in [0.3, 0.4) is 0 Å². The maximum Gasteiger partial charge on any atom is 0.404 e. The molecule has 4 unspecified atom stereocenters. The van der Waals surface area contributed by atoms with Crippen molar-refractivity contribution in [3.63, 3.8) is 0 Å². The molecule has 1 saturated heterocycles. The van der Waals surface area contributed by atoms with E-state index in [-0.39, 0.29) is 41.4 Å². The van der Waals surface area contributed by atoms with Crippen LogP contribution < -0.4 is 10.5 Å². The Morgan fingerprint density at radius 2 is 1.82 bits per heavy atom. The zero-order valence-electron chi connectivity index (χ0n) is 19.8. The van der Waals surface area contributed by atoms with Crippen molar-refractivity contribution in [2.75, 3.05) is 6.54 Å². The first-order valence-electron chi connectivity index (χ1n) is 11.7. The number of piperidine rings is 1. The lowest BCUT2D eigenvalue weighted by atomic mass is 9.77. The SMILES string of the molecule is CC(C)(C)C1[C@H](OC(N)=O)CCCN1C1CC(c2ccc(F)cc2)CC1Oc1ncc(Br)cn1. The fourth-order valence-electron chi connectivity index (χ4n) is 5.64. The molecule has 1 saturated carbocycles. The number of aromatic nitrogens is 2. The first-order valence-corrected chi connectivity index (χ1v) is 12.5. The molecule has 2 aliphatic rings. The van der Waals surface area contributed by atoms with Crippen LogP contribution in [0.15, 0.2) is 41.1 Å². The number of halogens is 2. The largest absolute Gasteiger partial charge is 0.458 e. The Kier molecular flexibility index (Phi) is 7.42. The quantitative estimate of drug-likeness (QED) is 0.577. The molecule has 4 rings (SSSR count). The van der Waals surface area contributed by atoms with Crippen molar-refractivity contribution in [1.82, 2.24) is 14.9 Å². The van der Waals surface area contributed by atoms with Crippen LogP contribution in [0.25, 0.3) is 0 Å². The van der Waals surface area contributed by atoms with Gasteiger partial charge in [-0.1, -0.05) is 32.9 Å². The van der Waals surface area contributed by atoms with Gasteiger partial charge in [-0.05, 0) is 77.2 Å². The Morgan fingerprint density at radius 3 is 2.44 bits per heavy atom. The van der Waals surface area contributed by atoms with Crippen LogP contribution >= 0.6 is 15.9 Å². The first kappa shape index (κ1) is 24.9. The third kappa shape index (κ3) is 5.68. The Bertz CT molecular complexity index is 983. The third-order valence-corrected chi connectivity index (χ3v) is 7.27. The number of rotatable bonds is 5. The summed E-state index contributed by atoms with van der Waals surface area (Å²) in [5.74, 6) is -0.0475. The highest BCUT2D eigenvalue weighted by Crippen LogP contribution is 2.44. The van der Waals surface area contributed by atoms with Crippen LogP contribution in [0.5, 0.6) is 6.01 Å². The first-order chi connectivity index (χ1) is 16.1. The second kappa shape index (κ2) is 10.2. The predicted molar refractivity (Wildman–Crippen MR) is 130 cm³/mol. The summed E-state index contributed by atoms with van der Waals surface area (Å²) in [5, 5.41) is 0. The molecule has 2 N–H and O–H groups in total. The van der Waals surface area contributed by atoms with Crippen LogP contribution in [-0.2, 0) is 4.74 Å². The highest BCUT2D eigenvalue weighted by atomic mass is 79.9. The summed E-state index contributed by atoms with van der Waals surface area (Å²) in [4.78, 5) is 22.7. The Morgan fingerprint density at radius 1 is 1.15 bits per heavy atom. The minimum Gasteiger partial charge on any atom is -0.458 e. The number of likely N-dealkylation sites (tertiary alicyclic amines) is 1. The van der Waals surface area contributed by atoms with Gasteiger partial charge in [-0.2, -0.15) is 0 Å². The lowest BCUT2D eigenvalue weighted by Crippen LogP contribution is -2.61. The van der Waals surface area contributed by atoms with Gasteiger partial charge >= 0.3 is 12.1 Å². The van der Waals surface area contributed by atoms with Crippen LogP contribution in [0.1, 0.15) is 57.9 Å². The lowest BCUT2D eigenvalue weighted by Gasteiger charge is -2.50. The monoisotopic (exact) mass is 534 g/mol. The molecule has 0 spiro atoms. The second-order valence-corrected chi connectivity index (χ2v) is 11.2. The molecule has 5 atom stereocenters. The van der Waals surface area contributed by atoms with E-state index in [9.17, 15) is 9.18 Å². The van der Waals surface area contributed by atoms with Crippen molar-refractivity contribution in [2.24, 2.45) is 11.1 Å². The van der Waals surface area contributed by atoms with Gasteiger partial charge in [0.15, 0.2) is 0 Å². The van der Waals surface area contributed by atoms with Gasteiger partial charge in [-0.25, -0.2) is 19.2 Å². The molecule has 2 fully saturated rings. The molecule has 1 aliphatic heterocycles. The summed E-state index contributed by atoms with van der Waals surface area (Å²) in [6.07, 6.45) is 5.38. The lowest BCUT2D eigenvalue weighted by molar-refractivity contribution is -0.0783. The summed E-state index contributed by atoms with van der Waals surface area (Å²) in [6, 6.07) is 7.07. The molecule has 1 aromatic carbocycles. The van der Waals surface area contributed by atoms with Gasteiger partial charge in [0, 0.05) is 18.4 Å². The normalized spacial score (nSPS) is 28.0. The van der Waals surface area contributed by atoms with E-state index in [1.165, 1.54) is 12.1 Å². The zero-order valence-corrected chi connectivity index (χ0v) is 21.4. The van der Waals surface area contributed by atoms with Gasteiger partial charge in [0.25, 0.3) is 0 Å². The molecule has 2 heterocycles. The summed E-state index contributed by atoms with van der Waals surface area (Å²) >= 11 is 3.36. The van der Waals surface area contributed by atoms with E-state index in [4.69, 9.17) is 15.2 Å². The third-order valence-electron chi connectivity index (χ3n) is 6.86. The van der Waals surface area contributed by atoms with Crippen molar-refractivity contribution in [1.29, 1.82) is 0 Å². The number of amides is 1. The van der Waals surface area contributed by atoms with E-state index in [2.05, 4.69) is 51.6 Å². The van der Waals surface area contributed by atoms with Crippen molar-refractivity contribution >= 4 is 22.0 Å². The molecule has 184 valence electrons. The summed E-state index contributed by atoms with van der Waals surface area (Å²) < 4.78 is 26.3. The van der Waals surface area contributed by atoms with Crippen molar-refractivity contribution in [3.8, 4) is 6.01 Å². The minimum absolute atomic E-state index is 0.0253. The number of primary amides is 1. The molecule has 0 bridgehead atoms. The molecular weight excluding hydrogens is 503 g/mol. The molecule has 34 heavy (non-hydrogen) atoms. The van der Waals surface area contributed by atoms with E-state index in [1.54, 1.807) is 12.4 Å². The number of benzene rings is 1. The van der Waals surface area contributed by atoms with Gasteiger partial charge in [-0.15, -0.1) is 0 Å². The zero-order chi connectivity index (χ0) is 24.5. The average Bonchev–Trinajstić information content (AvgIpc) is 3.18. The van der Waals surface area contributed by atoms with Gasteiger partial charge in [0.2, 0.25) is 0 Å². The number of ether oxygens (including phenoxy) is 2. The predicted octanol–water partition coefficient (Wildman–Crippen LogP) is 5.05. The van der Waals surface area contributed by atoms with E-state index in [0.717, 1.165) is 42.3 Å². The standard InChI is InChI=1S/C25H32BrFN4O3/c1-25(2,3)22-20(33-23(28)32)5-4-10-31(22)19-11-16(15-6-8-18(27)9-7-15)12-21(19)34-24-29-13-17(26)14-30-24/h6-9,13-14,16,19-22H,4-5,10-12H2,1-3H3,(H2,28,32)/t16?,19?,20-,21?,22?/m1/s1. The van der Waals surface area contributed by atoms with Crippen LogP contribution in [0.4, 0.5) is 9.18 Å². The van der Waals surface area contributed by atoms with Gasteiger partial charge < -0.3 is 15.2 Å². The summed E-state index contributed by atoms with van der Waals surface area (Å²) in [7, 11) is 0. The van der Waals surface area contributed by atoms with Crippen LogP contribution in [-0.4, -0.2) is 51.8 Å². The van der Waals surface area contributed by atoms with Crippen molar-refractivity contribution in [2.45, 2.75) is 76.7 Å². The number of nitrogens with zero attached hydrogens (tertiary/aromatic N) is 3. The van der Waals surface area contributed by atoms with E-state index < -0.39 is 6.09 Å². The van der Waals surface area contributed by atoms with E-state index in [0.29, 0.717) is 6.01 Å². The Balaban J connectivity index is 1.65. The van der Waals surface area contributed by atoms with E-state index >= 15 is 0 Å². The van der Waals surface area contributed by atoms with Crippen LogP contribution in [0, 0.1) is 11.2 Å². The topological polar surface area (TPSA) is 90.6 Å². The van der Waals surface area contributed by atoms with Gasteiger partial charge in [0.05, 0.1) is 10.5 Å². The number of nitrogens with two attached hydrogens (primary N) is 1. The minimum atomic E-state index is -0.743. The number of carbonyl (C=O) groups excluding carboxylic acids is 1. The van der Waals surface area contributed by atoms with Crippen molar-refractivity contribution in [3.05, 3.63) is 52.5 Å². The van der Waals surface area contributed by atoms with Gasteiger partial charge in [-0.3, -0.25) is 4.90 Å². The molecule has 1 aromatic heterocycles. The molecule has 9 heteroatoms. The van der Waals surface area contributed by atoms with Crippen molar-refractivity contribution < 1.29 is 18.7 Å². The molecule has 1 aliphatic carbocycles. The number of hydrogen-bond donors (Lipinski definition) is 1. The second-order valence-electron chi connectivity index (χ2n) is 10.3. The maximum absolute atomic E-state index is 13.6. The molecule has 0 radical (unpaired) electrons. The molecular formula is C25H32BrFN4O3. The summed E-state index contributed by atoms with van der Waals surface area (Å²) in [5.41, 5.74) is 6.35. The molecule has 2 aromatic rings. The average molecular weight is 535 g/mol. The Labute approximate surface area is 208 Å². The fourth-order valence-corrected chi connectivity index (χ4v) is 5.85. The highest BCUT2D eigenvalue weighted by molar-refractivity contribution is 9.10. The van der Waals surface area contributed by atoms with Gasteiger partial charge in [0.1, 0.15) is 18.0 Å². The number of carbonyl (C=O) groups is 1. The number of hydrogen-bond acceptors (Lipinski definition) is 6. The fraction of sp³-hybridized carbons (Fsp3) is 0.560. The van der Waals surface area contributed by atoms with E-state index in [1.807, 2.05) is 12.1 Å². The summed E-state index contributed by atoms with van der Waals surface area (Å²) in [6.45, 7) is 7.34. The van der Waals surface area contributed by atoms with Crippen LogP contribution in [0.2, 0.25) is 0 Å². The smallest absolute Gasteiger partial charge is 0.404 e. The molecule has 7 nitrogen and oxygen atoms in total. The highest BCUT2D eigenvalue weighted by Gasteiger charge is 2.49. The Hall–Kier alpha value is -2.26. The maximum atomic E-state index is 13.6. The molecule has 1 amide bonds.